The quantitative estimate of drug-likeness (QED) is 0.742. The number of carbonyl (C=O) groups excluding carboxylic acids is 1. The maximum absolute atomic E-state index is 12.3. The predicted octanol–water partition coefficient (Wildman–Crippen LogP) is 3.00. The number of nitrogens with one attached hydrogen (secondary N) is 1. The molecule has 0 aliphatic carbocycles. The van der Waals surface area contributed by atoms with Crippen LogP contribution < -0.4 is 5.32 Å². The summed E-state index contributed by atoms with van der Waals surface area (Å²) in [5.41, 5.74) is 1.70. The number of carbonyl (C=O) groups is 2. The van der Waals surface area contributed by atoms with Gasteiger partial charge in [-0.3, -0.25) is 9.69 Å². The summed E-state index contributed by atoms with van der Waals surface area (Å²) >= 11 is 1.57. The SMILES string of the molecule is CSCC[C@H](NC(=O)c1ccc(CN2CCCCCC2)cc1)C(=O)O. The van der Waals surface area contributed by atoms with Crippen LogP contribution in [0.1, 0.15) is 48.0 Å². The van der Waals surface area contributed by atoms with Crippen LogP contribution in [-0.2, 0) is 11.3 Å². The first kappa shape index (κ1) is 19.8. The summed E-state index contributed by atoms with van der Waals surface area (Å²) in [4.78, 5) is 26.0. The molecule has 1 heterocycles. The van der Waals surface area contributed by atoms with Crippen LogP contribution in [0.25, 0.3) is 0 Å². The van der Waals surface area contributed by atoms with E-state index in [2.05, 4.69) is 10.2 Å². The first-order valence-corrected chi connectivity index (χ1v) is 10.3. The van der Waals surface area contributed by atoms with Crippen LogP contribution in [0.4, 0.5) is 0 Å². The van der Waals surface area contributed by atoms with Crippen molar-refractivity contribution < 1.29 is 14.7 Å². The third-order valence-electron chi connectivity index (χ3n) is 4.54. The van der Waals surface area contributed by atoms with E-state index in [1.807, 2.05) is 18.4 Å². The van der Waals surface area contributed by atoms with Gasteiger partial charge < -0.3 is 10.4 Å². The largest absolute Gasteiger partial charge is 0.480 e. The molecule has 2 N–H and O–H groups in total. The van der Waals surface area contributed by atoms with E-state index in [1.54, 1.807) is 23.9 Å². The van der Waals surface area contributed by atoms with Crippen LogP contribution >= 0.6 is 11.8 Å². The van der Waals surface area contributed by atoms with Gasteiger partial charge in [0.25, 0.3) is 5.91 Å². The van der Waals surface area contributed by atoms with E-state index in [9.17, 15) is 14.7 Å². The number of benzene rings is 1. The lowest BCUT2D eigenvalue weighted by atomic mass is 10.1. The molecule has 6 heteroatoms. The van der Waals surface area contributed by atoms with Gasteiger partial charge in [-0.15, -0.1) is 0 Å². The molecule has 138 valence electrons. The fraction of sp³-hybridized carbons (Fsp3) is 0.579. The number of aliphatic carboxylic acids is 1. The minimum atomic E-state index is -0.986. The maximum Gasteiger partial charge on any atom is 0.326 e. The normalized spacial score (nSPS) is 16.8. The molecular formula is C19H28N2O3S. The molecule has 25 heavy (non-hydrogen) atoms. The highest BCUT2D eigenvalue weighted by atomic mass is 32.2. The molecule has 0 bridgehead atoms. The Kier molecular flexibility index (Phi) is 8.28. The van der Waals surface area contributed by atoms with Crippen LogP contribution in [-0.4, -0.2) is 53.0 Å². The Labute approximate surface area is 154 Å². The summed E-state index contributed by atoms with van der Waals surface area (Å²) < 4.78 is 0. The molecule has 1 aliphatic heterocycles. The number of carboxylic acids is 1. The van der Waals surface area contributed by atoms with Crippen molar-refractivity contribution in [2.75, 3.05) is 25.1 Å². The summed E-state index contributed by atoms with van der Waals surface area (Å²) in [6.45, 7) is 3.18. The van der Waals surface area contributed by atoms with Crippen molar-refractivity contribution in [2.45, 2.75) is 44.7 Å². The summed E-state index contributed by atoms with van der Waals surface area (Å²) in [5, 5.41) is 11.8. The molecule has 0 saturated carbocycles. The van der Waals surface area contributed by atoms with Crippen LogP contribution in [0.15, 0.2) is 24.3 Å². The Balaban J connectivity index is 1.91. The lowest BCUT2D eigenvalue weighted by Gasteiger charge is -2.20. The minimum absolute atomic E-state index is 0.324. The second-order valence-corrected chi connectivity index (χ2v) is 7.52. The number of likely N-dealkylation sites (tertiary alicyclic amines) is 1. The van der Waals surface area contributed by atoms with Gasteiger partial charge in [0.2, 0.25) is 0 Å². The third-order valence-corrected chi connectivity index (χ3v) is 5.18. The Morgan fingerprint density at radius 2 is 1.80 bits per heavy atom. The van der Waals surface area contributed by atoms with Crippen molar-refractivity contribution in [3.05, 3.63) is 35.4 Å². The molecule has 1 atom stereocenters. The second kappa shape index (κ2) is 10.5. The van der Waals surface area contributed by atoms with E-state index in [0.29, 0.717) is 17.7 Å². The number of thioether (sulfide) groups is 1. The fourth-order valence-corrected chi connectivity index (χ4v) is 3.52. The molecular weight excluding hydrogens is 336 g/mol. The molecule has 0 radical (unpaired) electrons. The van der Waals surface area contributed by atoms with E-state index in [-0.39, 0.29) is 5.91 Å². The van der Waals surface area contributed by atoms with Crippen LogP contribution in [0.3, 0.4) is 0 Å². The van der Waals surface area contributed by atoms with Crippen molar-refractivity contribution in [2.24, 2.45) is 0 Å². The molecule has 1 saturated heterocycles. The van der Waals surface area contributed by atoms with E-state index in [0.717, 1.165) is 19.6 Å². The van der Waals surface area contributed by atoms with Gasteiger partial charge in [0.1, 0.15) is 6.04 Å². The van der Waals surface area contributed by atoms with Gasteiger partial charge in [-0.25, -0.2) is 4.79 Å². The van der Waals surface area contributed by atoms with E-state index < -0.39 is 12.0 Å². The topological polar surface area (TPSA) is 69.6 Å². The molecule has 1 aromatic carbocycles. The zero-order valence-electron chi connectivity index (χ0n) is 14.9. The summed E-state index contributed by atoms with van der Waals surface area (Å²) in [7, 11) is 0. The minimum Gasteiger partial charge on any atom is -0.480 e. The molecule has 0 aromatic heterocycles. The first-order valence-electron chi connectivity index (χ1n) is 8.94. The van der Waals surface area contributed by atoms with Gasteiger partial charge in [-0.2, -0.15) is 11.8 Å². The molecule has 1 aromatic rings. The Hall–Kier alpha value is -1.53. The fourth-order valence-electron chi connectivity index (χ4n) is 3.05. The molecule has 5 nitrogen and oxygen atoms in total. The van der Waals surface area contributed by atoms with E-state index >= 15 is 0 Å². The molecule has 2 rings (SSSR count). The van der Waals surface area contributed by atoms with Gasteiger partial charge in [0.05, 0.1) is 0 Å². The average Bonchev–Trinajstić information content (AvgIpc) is 2.87. The van der Waals surface area contributed by atoms with Crippen molar-refractivity contribution >= 4 is 23.6 Å². The van der Waals surface area contributed by atoms with Gasteiger partial charge >= 0.3 is 5.97 Å². The standard InChI is InChI=1S/C19H28N2O3S/c1-25-13-10-17(19(23)24)20-18(22)16-8-6-15(7-9-16)14-21-11-4-2-3-5-12-21/h6-9,17H,2-5,10-14H2,1H3,(H,20,22)(H,23,24)/t17-/m0/s1. The van der Waals surface area contributed by atoms with Crippen molar-refractivity contribution in [1.82, 2.24) is 10.2 Å². The number of carboxylic acid groups (broad SMARTS) is 1. The highest BCUT2D eigenvalue weighted by Gasteiger charge is 2.20. The lowest BCUT2D eigenvalue weighted by molar-refractivity contribution is -0.139. The molecule has 0 spiro atoms. The van der Waals surface area contributed by atoms with Crippen molar-refractivity contribution in [3.63, 3.8) is 0 Å². The molecule has 0 unspecified atom stereocenters. The Morgan fingerprint density at radius 3 is 2.36 bits per heavy atom. The van der Waals surface area contributed by atoms with Crippen LogP contribution in [0, 0.1) is 0 Å². The summed E-state index contributed by atoms with van der Waals surface area (Å²) in [6, 6.07) is 6.68. The number of hydrogen-bond acceptors (Lipinski definition) is 4. The monoisotopic (exact) mass is 364 g/mol. The van der Waals surface area contributed by atoms with Crippen LogP contribution in [0.2, 0.25) is 0 Å². The number of nitrogens with zero attached hydrogens (tertiary/aromatic N) is 1. The lowest BCUT2D eigenvalue weighted by Crippen LogP contribution is -2.41. The van der Waals surface area contributed by atoms with Crippen LogP contribution in [0.5, 0.6) is 0 Å². The number of rotatable bonds is 8. The number of amides is 1. The van der Waals surface area contributed by atoms with E-state index in [4.69, 9.17) is 0 Å². The van der Waals surface area contributed by atoms with Gasteiger partial charge in [-0.05, 0) is 62.1 Å². The smallest absolute Gasteiger partial charge is 0.326 e. The maximum atomic E-state index is 12.3. The first-order chi connectivity index (χ1) is 12.1. The highest BCUT2D eigenvalue weighted by Crippen LogP contribution is 2.14. The third kappa shape index (κ3) is 6.71. The number of hydrogen-bond donors (Lipinski definition) is 2. The van der Waals surface area contributed by atoms with Crippen molar-refractivity contribution in [3.8, 4) is 0 Å². The predicted molar refractivity (Wildman–Crippen MR) is 102 cm³/mol. The summed E-state index contributed by atoms with van der Waals surface area (Å²) in [5.74, 6) is -0.610. The molecule has 1 aliphatic rings. The highest BCUT2D eigenvalue weighted by molar-refractivity contribution is 7.98. The van der Waals surface area contributed by atoms with Gasteiger partial charge in [-0.1, -0.05) is 25.0 Å². The Morgan fingerprint density at radius 1 is 1.16 bits per heavy atom. The molecule has 1 amide bonds. The van der Waals surface area contributed by atoms with Gasteiger partial charge in [0, 0.05) is 12.1 Å². The van der Waals surface area contributed by atoms with Crippen molar-refractivity contribution in [1.29, 1.82) is 0 Å². The second-order valence-electron chi connectivity index (χ2n) is 6.53. The average molecular weight is 365 g/mol. The molecule has 1 fully saturated rings. The summed E-state index contributed by atoms with van der Waals surface area (Å²) in [6.07, 6.45) is 7.49. The zero-order valence-corrected chi connectivity index (χ0v) is 15.7. The zero-order chi connectivity index (χ0) is 18.1. The van der Waals surface area contributed by atoms with E-state index in [1.165, 1.54) is 31.2 Å². The van der Waals surface area contributed by atoms with Gasteiger partial charge in [0.15, 0.2) is 0 Å². The Bertz CT molecular complexity index is 554.